The smallest absolute Gasteiger partial charge is 0.325 e. The van der Waals surface area contributed by atoms with Gasteiger partial charge in [-0.1, -0.05) is 6.92 Å². The van der Waals surface area contributed by atoms with Crippen molar-refractivity contribution in [2.24, 2.45) is 0 Å². The van der Waals surface area contributed by atoms with Crippen LogP contribution in [0, 0.1) is 0 Å². The normalized spacial score (nSPS) is 11.2. The van der Waals surface area contributed by atoms with Crippen LogP contribution in [0.5, 0.6) is 0 Å². The average molecular weight is 195 g/mol. The molecule has 3 N–H and O–H groups in total. The van der Waals surface area contributed by atoms with Gasteiger partial charge in [-0.25, -0.2) is 0 Å². The van der Waals surface area contributed by atoms with Crippen LogP contribution in [0.15, 0.2) is 0 Å². The van der Waals surface area contributed by atoms with Crippen LogP contribution < -0.4 is 5.32 Å². The summed E-state index contributed by atoms with van der Waals surface area (Å²) in [5, 5.41) is 2.52. The number of hydrogen-bond donors (Lipinski definition) is 3. The predicted molar refractivity (Wildman–Crippen MR) is 44.8 cm³/mol. The summed E-state index contributed by atoms with van der Waals surface area (Å²) in [7, 11) is -3.89. The van der Waals surface area contributed by atoms with Crippen LogP contribution in [-0.4, -0.2) is 28.4 Å². The number of hydrogen-bond acceptors (Lipinski definition) is 2. The SMILES string of the molecule is CCC(=O)NCCCP(=O)(O)O. The van der Waals surface area contributed by atoms with Gasteiger partial charge < -0.3 is 15.1 Å². The van der Waals surface area contributed by atoms with Crippen molar-refractivity contribution in [2.45, 2.75) is 19.8 Å². The Balaban J connectivity index is 3.34. The van der Waals surface area contributed by atoms with Crippen molar-refractivity contribution in [1.82, 2.24) is 5.32 Å². The van der Waals surface area contributed by atoms with Gasteiger partial charge in [0.25, 0.3) is 0 Å². The molecule has 0 aliphatic rings. The van der Waals surface area contributed by atoms with Crippen LogP contribution in [-0.2, 0) is 9.36 Å². The average Bonchev–Trinajstić information content (AvgIpc) is 1.96. The lowest BCUT2D eigenvalue weighted by atomic mass is 10.4. The van der Waals surface area contributed by atoms with E-state index >= 15 is 0 Å². The predicted octanol–water partition coefficient (Wildman–Crippen LogP) is 0.0804. The highest BCUT2D eigenvalue weighted by atomic mass is 31.2. The quantitative estimate of drug-likeness (QED) is 0.428. The molecule has 12 heavy (non-hydrogen) atoms. The number of carbonyl (C=O) groups excluding carboxylic acids is 1. The summed E-state index contributed by atoms with van der Waals surface area (Å²) in [5.41, 5.74) is 0. The molecule has 0 saturated carbocycles. The first-order valence-electron chi connectivity index (χ1n) is 3.77. The van der Waals surface area contributed by atoms with Crippen molar-refractivity contribution in [2.75, 3.05) is 12.7 Å². The molecule has 0 unspecified atom stereocenters. The summed E-state index contributed by atoms with van der Waals surface area (Å²) < 4.78 is 10.3. The minimum absolute atomic E-state index is 0.0966. The fourth-order valence-corrected chi connectivity index (χ4v) is 1.21. The van der Waals surface area contributed by atoms with Crippen LogP contribution in [0.3, 0.4) is 0 Å². The zero-order valence-electron chi connectivity index (χ0n) is 6.99. The fraction of sp³-hybridized carbons (Fsp3) is 0.833. The third-order valence-corrected chi connectivity index (χ3v) is 2.17. The zero-order chi connectivity index (χ0) is 9.61. The molecule has 72 valence electrons. The Kier molecular flexibility index (Phi) is 5.13. The summed E-state index contributed by atoms with van der Waals surface area (Å²) in [4.78, 5) is 27.5. The maximum atomic E-state index is 10.6. The maximum Gasteiger partial charge on any atom is 0.325 e. The van der Waals surface area contributed by atoms with Gasteiger partial charge in [-0.05, 0) is 6.42 Å². The van der Waals surface area contributed by atoms with E-state index in [9.17, 15) is 9.36 Å². The molecule has 6 heteroatoms. The highest BCUT2D eigenvalue weighted by Crippen LogP contribution is 2.34. The molecular formula is C6H14NO4P. The second kappa shape index (κ2) is 5.30. The van der Waals surface area contributed by atoms with Crippen LogP contribution in [0.1, 0.15) is 19.8 Å². The minimum Gasteiger partial charge on any atom is -0.356 e. The van der Waals surface area contributed by atoms with Crippen LogP contribution in [0.25, 0.3) is 0 Å². The molecule has 0 aromatic heterocycles. The van der Waals surface area contributed by atoms with Gasteiger partial charge in [0.2, 0.25) is 5.91 Å². The third kappa shape index (κ3) is 7.72. The van der Waals surface area contributed by atoms with Gasteiger partial charge in [-0.3, -0.25) is 9.36 Å². The van der Waals surface area contributed by atoms with Gasteiger partial charge in [0.1, 0.15) is 0 Å². The second-order valence-corrected chi connectivity index (χ2v) is 4.22. The Morgan fingerprint density at radius 2 is 2.08 bits per heavy atom. The van der Waals surface area contributed by atoms with Crippen LogP contribution in [0.2, 0.25) is 0 Å². The molecule has 0 bridgehead atoms. The lowest BCUT2D eigenvalue weighted by Crippen LogP contribution is -2.23. The van der Waals surface area contributed by atoms with Crippen LogP contribution >= 0.6 is 7.60 Å². The lowest BCUT2D eigenvalue weighted by molar-refractivity contribution is -0.120. The second-order valence-electron chi connectivity index (χ2n) is 2.45. The van der Waals surface area contributed by atoms with Crippen molar-refractivity contribution < 1.29 is 19.1 Å². The van der Waals surface area contributed by atoms with E-state index in [1.165, 1.54) is 0 Å². The Bertz CT molecular complexity index is 188. The molecule has 0 saturated heterocycles. The Morgan fingerprint density at radius 3 is 2.50 bits per heavy atom. The largest absolute Gasteiger partial charge is 0.356 e. The standard InChI is InChI=1S/C6H14NO4P/c1-2-6(8)7-4-3-5-12(9,10)11/h2-5H2,1H3,(H,7,8)(H2,9,10,11). The lowest BCUT2D eigenvalue weighted by Gasteiger charge is -2.04. The van der Waals surface area contributed by atoms with E-state index in [4.69, 9.17) is 9.79 Å². The molecule has 0 fully saturated rings. The van der Waals surface area contributed by atoms with Crippen molar-refractivity contribution >= 4 is 13.5 Å². The van der Waals surface area contributed by atoms with Crippen molar-refractivity contribution in [3.05, 3.63) is 0 Å². The molecule has 0 aliphatic carbocycles. The summed E-state index contributed by atoms with van der Waals surface area (Å²) >= 11 is 0. The first kappa shape index (κ1) is 11.6. The molecule has 0 spiro atoms. The molecule has 1 amide bonds. The number of rotatable bonds is 5. The summed E-state index contributed by atoms with van der Waals surface area (Å²) in [6.45, 7) is 2.05. The van der Waals surface area contributed by atoms with Gasteiger partial charge in [0.05, 0.1) is 6.16 Å². The van der Waals surface area contributed by atoms with Gasteiger partial charge in [-0.2, -0.15) is 0 Å². The molecule has 0 aromatic carbocycles. The van der Waals surface area contributed by atoms with E-state index in [1.807, 2.05) is 0 Å². The van der Waals surface area contributed by atoms with E-state index in [-0.39, 0.29) is 12.1 Å². The Hall–Kier alpha value is -0.380. The van der Waals surface area contributed by atoms with Gasteiger partial charge >= 0.3 is 7.60 Å². The third-order valence-electron chi connectivity index (χ3n) is 1.27. The van der Waals surface area contributed by atoms with Gasteiger partial charge in [-0.15, -0.1) is 0 Å². The number of carbonyl (C=O) groups is 1. The van der Waals surface area contributed by atoms with E-state index in [1.54, 1.807) is 6.92 Å². The number of amides is 1. The maximum absolute atomic E-state index is 10.6. The first-order chi connectivity index (χ1) is 5.45. The molecule has 0 atom stereocenters. The Labute approximate surface area is 71.3 Å². The summed E-state index contributed by atoms with van der Waals surface area (Å²) in [6.07, 6.45) is 0.545. The topological polar surface area (TPSA) is 86.6 Å². The molecule has 0 heterocycles. The molecular weight excluding hydrogens is 181 g/mol. The first-order valence-corrected chi connectivity index (χ1v) is 5.56. The van der Waals surface area contributed by atoms with E-state index in [0.29, 0.717) is 19.4 Å². The molecule has 5 nitrogen and oxygen atoms in total. The highest BCUT2D eigenvalue weighted by Gasteiger charge is 2.11. The molecule has 0 aliphatic heterocycles. The van der Waals surface area contributed by atoms with Crippen molar-refractivity contribution in [3.63, 3.8) is 0 Å². The van der Waals surface area contributed by atoms with E-state index < -0.39 is 7.60 Å². The van der Waals surface area contributed by atoms with Crippen LogP contribution in [0.4, 0.5) is 0 Å². The highest BCUT2D eigenvalue weighted by molar-refractivity contribution is 7.51. The molecule has 0 rings (SSSR count). The summed E-state index contributed by atoms with van der Waals surface area (Å²) in [5.74, 6) is -0.0966. The van der Waals surface area contributed by atoms with Crippen molar-refractivity contribution in [3.8, 4) is 0 Å². The van der Waals surface area contributed by atoms with Gasteiger partial charge in [0.15, 0.2) is 0 Å². The monoisotopic (exact) mass is 195 g/mol. The summed E-state index contributed by atoms with van der Waals surface area (Å²) in [6, 6.07) is 0. The fourth-order valence-electron chi connectivity index (χ4n) is 0.638. The zero-order valence-corrected chi connectivity index (χ0v) is 7.88. The van der Waals surface area contributed by atoms with Gasteiger partial charge in [0, 0.05) is 13.0 Å². The van der Waals surface area contributed by atoms with E-state index in [2.05, 4.69) is 5.32 Å². The molecule has 0 aromatic rings. The Morgan fingerprint density at radius 1 is 1.50 bits per heavy atom. The number of nitrogens with one attached hydrogen (secondary N) is 1. The molecule has 0 radical (unpaired) electrons. The minimum atomic E-state index is -3.89. The van der Waals surface area contributed by atoms with Crippen molar-refractivity contribution in [1.29, 1.82) is 0 Å². The van der Waals surface area contributed by atoms with E-state index in [0.717, 1.165) is 0 Å².